The van der Waals surface area contributed by atoms with Crippen LogP contribution in [0.5, 0.6) is 17.2 Å². The van der Waals surface area contributed by atoms with Gasteiger partial charge in [0, 0.05) is 96.2 Å². The van der Waals surface area contributed by atoms with Crippen molar-refractivity contribution in [2.24, 2.45) is 16.6 Å². The Balaban J connectivity index is 1.05. The number of hydrogen-bond donors (Lipinski definition) is 8. The SMILES string of the molecule is C=CCOC(=O)N1Cc2cc3cc(c2)C(=O)NC2CCCCC2NC(=O)c2cc(cc(c2)OC(N)C2CCCCC2N=CO3)CNCc2cc3cc(c2)C(=O)NC2CCCCC2NC(=O)c2cc(cc(c2)OCNC2CCCCC2NC3=O)C1. The van der Waals surface area contributed by atoms with Crippen LogP contribution in [0.25, 0.3) is 0 Å². The molecule has 6 amide bonds. The number of carbonyl (C=O) groups is 6. The zero-order valence-electron chi connectivity index (χ0n) is 47.6. The van der Waals surface area contributed by atoms with Crippen LogP contribution >= 0.6 is 0 Å². The third-order valence-electron chi connectivity index (χ3n) is 17.6. The van der Waals surface area contributed by atoms with Gasteiger partial charge in [0.15, 0.2) is 12.6 Å². The number of nitrogens with one attached hydrogen (secondary N) is 7. The highest BCUT2D eigenvalue weighted by atomic mass is 16.6. The van der Waals surface area contributed by atoms with E-state index in [2.05, 4.69) is 43.8 Å². The number of rotatable bonds is 2. The molecule has 4 aromatic rings. The monoisotopic (exact) mass is 1150 g/mol. The summed E-state index contributed by atoms with van der Waals surface area (Å²) in [6, 6.07) is 18.4. The molecule has 4 aliphatic carbocycles. The van der Waals surface area contributed by atoms with Gasteiger partial charge in [-0.05, 0) is 146 Å². The average Bonchev–Trinajstić information content (AvgIpc) is 3.70. The molecule has 3 aliphatic heterocycles. The van der Waals surface area contributed by atoms with E-state index in [1.807, 2.05) is 12.1 Å². The molecule has 0 saturated heterocycles. The van der Waals surface area contributed by atoms with Gasteiger partial charge in [0.1, 0.15) is 30.6 Å². The van der Waals surface area contributed by atoms with E-state index in [9.17, 15) is 28.8 Å². The van der Waals surface area contributed by atoms with E-state index in [1.54, 1.807) is 60.7 Å². The second kappa shape index (κ2) is 26.8. The van der Waals surface area contributed by atoms with E-state index in [0.29, 0.717) is 82.7 Å². The van der Waals surface area contributed by atoms with E-state index in [4.69, 9.17) is 29.7 Å². The molecule has 9 N–H and O–H groups in total. The van der Waals surface area contributed by atoms with Gasteiger partial charge in [-0.15, -0.1) is 0 Å². The molecule has 84 heavy (non-hydrogen) atoms. The normalized spacial score (nSPS) is 27.1. The number of benzene rings is 4. The maximum Gasteiger partial charge on any atom is 0.410 e. The van der Waals surface area contributed by atoms with Crippen molar-refractivity contribution in [2.75, 3.05) is 13.3 Å². The molecule has 0 radical (unpaired) electrons. The summed E-state index contributed by atoms with van der Waals surface area (Å²) >= 11 is 0. The minimum atomic E-state index is -0.808. The summed E-state index contributed by atoms with van der Waals surface area (Å²) in [5, 5.41) is 23.3. The molecule has 4 saturated carbocycles. The molecule has 4 fully saturated rings. The van der Waals surface area contributed by atoms with E-state index >= 15 is 0 Å². The quantitative estimate of drug-likeness (QED) is 0.0926. The first-order valence-corrected chi connectivity index (χ1v) is 30.2. The van der Waals surface area contributed by atoms with Gasteiger partial charge in [-0.25, -0.2) is 4.79 Å². The van der Waals surface area contributed by atoms with E-state index in [0.717, 1.165) is 76.2 Å². The van der Waals surface area contributed by atoms with E-state index < -0.39 is 42.4 Å². The van der Waals surface area contributed by atoms with Gasteiger partial charge in [-0.2, -0.15) is 0 Å². The summed E-state index contributed by atoms with van der Waals surface area (Å²) < 4.78 is 25.1. The Labute approximate surface area is 490 Å². The van der Waals surface area contributed by atoms with Crippen LogP contribution in [0.4, 0.5) is 4.79 Å². The summed E-state index contributed by atoms with van der Waals surface area (Å²) in [5.41, 5.74) is 11.0. The van der Waals surface area contributed by atoms with E-state index in [1.165, 1.54) is 17.4 Å². The Bertz CT molecular complexity index is 3150. The summed E-state index contributed by atoms with van der Waals surface area (Å²) in [5.74, 6) is -0.993. The van der Waals surface area contributed by atoms with Crippen molar-refractivity contribution in [2.45, 2.75) is 177 Å². The summed E-state index contributed by atoms with van der Waals surface area (Å²) in [6.45, 7) is 4.09. The van der Waals surface area contributed by atoms with Gasteiger partial charge in [0.2, 0.25) is 0 Å². The molecule has 20 nitrogen and oxygen atoms in total. The molecule has 0 spiro atoms. The highest BCUT2D eigenvalue weighted by Gasteiger charge is 2.35. The zero-order valence-corrected chi connectivity index (χ0v) is 47.6. The number of fused-ring (bicyclic) bond motifs is 14. The van der Waals surface area contributed by atoms with Crippen molar-refractivity contribution in [1.82, 2.24) is 42.1 Å². The van der Waals surface area contributed by atoms with Crippen molar-refractivity contribution in [1.29, 1.82) is 0 Å². The molecule has 11 rings (SSSR count). The number of nitrogens with zero attached hydrogens (tertiary/aromatic N) is 2. The van der Waals surface area contributed by atoms with Crippen LogP contribution in [0.15, 0.2) is 90.4 Å². The number of nitrogens with two attached hydrogens (primary N) is 1. The van der Waals surface area contributed by atoms with Crippen LogP contribution in [0.2, 0.25) is 0 Å². The lowest BCUT2D eigenvalue weighted by Crippen LogP contribution is -2.53. The lowest BCUT2D eigenvalue weighted by atomic mass is 9.84. The minimum Gasteiger partial charge on any atom is -0.478 e. The fourth-order valence-electron chi connectivity index (χ4n) is 13.2. The standard InChI is InChI=1S/C64H78N10O10/c1-2-19-81-64(80)74-34-40-23-45-29-47(26-40)82-36-67-51-12-4-3-11-50(51)58(65)84-49-25-39(22-44(31-49)61(77)71-56-17-9-10-18-57(56)73-62(45)78)33-66-32-38-20-42-28-43(21-38)60(76)70-54-15-7-8-16-55(54)72-63(79)46-24-41(35-74)27-48(30-46)83-37-68-52-13-5-6-14-53(52)69-59(42)75/h2,20-31,36,50-58,66,68H,1,3-19,32-35,37,65H2,(H,69,75)(H,70,76)(H,71,77)(H,72,79)(H,73,78). The van der Waals surface area contributed by atoms with Crippen LogP contribution in [-0.4, -0.2) is 109 Å². The number of amides is 6. The Morgan fingerprint density at radius 2 is 0.976 bits per heavy atom. The minimum absolute atomic E-state index is 0.0402. The van der Waals surface area contributed by atoms with Crippen LogP contribution in [0.3, 0.4) is 0 Å². The number of hydrogen-bond acceptors (Lipinski definition) is 14. The molecule has 20 heteroatoms. The summed E-state index contributed by atoms with van der Waals surface area (Å²) in [7, 11) is 0. The summed E-state index contributed by atoms with van der Waals surface area (Å²) in [6.07, 6.45) is 13.7. The zero-order chi connectivity index (χ0) is 58.1. The van der Waals surface area contributed by atoms with Crippen molar-refractivity contribution in [3.8, 4) is 17.2 Å². The van der Waals surface area contributed by atoms with Crippen LogP contribution < -0.4 is 57.2 Å². The van der Waals surface area contributed by atoms with Gasteiger partial charge >= 0.3 is 6.09 Å². The predicted octanol–water partition coefficient (Wildman–Crippen LogP) is 7.18. The molecular weight excluding hydrogens is 1070 g/mol. The average molecular weight is 1150 g/mol. The molecule has 12 bridgehead atoms. The second-order valence-corrected chi connectivity index (χ2v) is 23.7. The van der Waals surface area contributed by atoms with Crippen molar-refractivity contribution >= 4 is 42.0 Å². The second-order valence-electron chi connectivity index (χ2n) is 23.7. The Morgan fingerprint density at radius 3 is 1.52 bits per heavy atom. The fourth-order valence-corrected chi connectivity index (χ4v) is 13.2. The molecule has 444 valence electrons. The van der Waals surface area contributed by atoms with Crippen LogP contribution in [0, 0.1) is 5.92 Å². The van der Waals surface area contributed by atoms with Gasteiger partial charge in [0.25, 0.3) is 29.5 Å². The lowest BCUT2D eigenvalue weighted by molar-refractivity contribution is 0.0860. The smallest absolute Gasteiger partial charge is 0.410 e. The summed E-state index contributed by atoms with van der Waals surface area (Å²) in [4.78, 5) is 93.9. The first-order chi connectivity index (χ1) is 40.9. The number of aliphatic imine (C=N–C) groups is 1. The predicted molar refractivity (Wildman–Crippen MR) is 315 cm³/mol. The number of ether oxygens (including phenoxy) is 4. The molecule has 7 aliphatic rings. The van der Waals surface area contributed by atoms with Gasteiger partial charge in [-0.3, -0.25) is 44.9 Å². The topological polar surface area (TPSA) is 265 Å². The highest BCUT2D eigenvalue weighted by Crippen LogP contribution is 2.33. The van der Waals surface area contributed by atoms with Crippen molar-refractivity contribution in [3.63, 3.8) is 0 Å². The van der Waals surface area contributed by atoms with E-state index in [-0.39, 0.29) is 98.3 Å². The first-order valence-electron chi connectivity index (χ1n) is 30.2. The largest absolute Gasteiger partial charge is 0.478 e. The van der Waals surface area contributed by atoms with Crippen LogP contribution in [0.1, 0.15) is 177 Å². The molecule has 0 aromatic heterocycles. The molecule has 3 heterocycles. The molecule has 9 unspecified atom stereocenters. The Morgan fingerprint density at radius 1 is 0.548 bits per heavy atom. The molecule has 4 aromatic carbocycles. The van der Waals surface area contributed by atoms with Crippen molar-refractivity contribution < 1.29 is 47.7 Å². The lowest BCUT2D eigenvalue weighted by Gasteiger charge is -2.33. The highest BCUT2D eigenvalue weighted by molar-refractivity contribution is 6.01. The van der Waals surface area contributed by atoms with Gasteiger partial charge in [0.05, 0.1) is 6.04 Å². The third kappa shape index (κ3) is 14.4. The fraction of sp³-hybridized carbons (Fsp3) is 0.484. The number of carbonyl (C=O) groups excluding carboxylic acids is 6. The van der Waals surface area contributed by atoms with Gasteiger partial charge in [-0.1, -0.05) is 64.0 Å². The Kier molecular flexibility index (Phi) is 18.5. The molecule has 9 atom stereocenters. The maximum atomic E-state index is 14.7. The van der Waals surface area contributed by atoms with Gasteiger partial charge < -0.3 is 50.8 Å². The first kappa shape index (κ1) is 58.0. The third-order valence-corrected chi connectivity index (χ3v) is 17.6. The van der Waals surface area contributed by atoms with Crippen molar-refractivity contribution in [3.05, 3.63) is 136 Å². The Hall–Kier alpha value is -7.81. The maximum absolute atomic E-state index is 14.7. The molecular formula is C64H78N10O10. The van der Waals surface area contributed by atoms with Crippen LogP contribution in [-0.2, 0) is 30.9 Å².